The molecule has 0 radical (unpaired) electrons. The van der Waals surface area contributed by atoms with E-state index in [1.165, 1.54) is 32.1 Å². The zero-order valence-corrected chi connectivity index (χ0v) is 22.3. The summed E-state index contributed by atoms with van der Waals surface area (Å²) in [7, 11) is 0. The van der Waals surface area contributed by atoms with E-state index in [-0.39, 0.29) is 36.4 Å². The van der Waals surface area contributed by atoms with E-state index in [0.29, 0.717) is 24.8 Å². The molecule has 36 heavy (non-hydrogen) atoms. The molecule has 1 heterocycles. The molecule has 202 valence electrons. The van der Waals surface area contributed by atoms with Gasteiger partial charge in [-0.15, -0.1) is 0 Å². The summed E-state index contributed by atoms with van der Waals surface area (Å²) in [6, 6.07) is 0. The van der Waals surface area contributed by atoms with Crippen molar-refractivity contribution in [2.45, 2.75) is 110 Å². The number of carbonyl (C=O) groups is 2. The molecule has 0 bridgehead atoms. The Morgan fingerprint density at radius 2 is 1.94 bits per heavy atom. The topological polar surface area (TPSA) is 93.1 Å². The second-order valence-electron chi connectivity index (χ2n) is 12.4. The van der Waals surface area contributed by atoms with E-state index in [1.54, 1.807) is 0 Å². The monoisotopic (exact) mass is 502 g/mol. The fourth-order valence-corrected chi connectivity index (χ4v) is 7.87. The smallest absolute Gasteiger partial charge is 0.337 e. The average molecular weight is 503 g/mol. The predicted octanol–water partition coefficient (Wildman–Crippen LogP) is 5.26. The Labute approximate surface area is 216 Å². The summed E-state index contributed by atoms with van der Waals surface area (Å²) in [6.07, 6.45) is 13.4. The van der Waals surface area contributed by atoms with E-state index < -0.39 is 23.6 Å². The number of hydrogen-bond acceptors (Lipinski definition) is 6. The molecule has 0 aromatic carbocycles. The van der Waals surface area contributed by atoms with Crippen LogP contribution in [0.25, 0.3) is 0 Å². The molecule has 2 N–H and O–H groups in total. The summed E-state index contributed by atoms with van der Waals surface area (Å²) in [6.45, 7) is 8.66. The first kappa shape index (κ1) is 27.4. The highest BCUT2D eigenvalue weighted by Crippen LogP contribution is 2.61. The van der Waals surface area contributed by atoms with Crippen LogP contribution >= 0.6 is 0 Å². The second kappa shape index (κ2) is 11.4. The lowest BCUT2D eigenvalue weighted by atomic mass is 9.46. The van der Waals surface area contributed by atoms with Crippen molar-refractivity contribution in [1.29, 1.82) is 0 Å². The van der Waals surface area contributed by atoms with Gasteiger partial charge < -0.3 is 19.7 Å². The van der Waals surface area contributed by atoms with Crippen LogP contribution in [-0.4, -0.2) is 47.6 Å². The minimum absolute atomic E-state index is 0.0419. The minimum atomic E-state index is -0.642. The molecule has 6 nitrogen and oxygen atoms in total. The summed E-state index contributed by atoms with van der Waals surface area (Å²) in [4.78, 5) is 25.0. The molecule has 4 rings (SSSR count). The number of allylic oxidation sites excluding steroid dienone is 2. The Morgan fingerprint density at radius 3 is 2.67 bits per heavy atom. The molecule has 4 aliphatic rings. The highest BCUT2D eigenvalue weighted by molar-refractivity contribution is 5.92. The van der Waals surface area contributed by atoms with Crippen LogP contribution < -0.4 is 0 Å². The Bertz CT molecular complexity index is 858. The maximum atomic E-state index is 12.5. The number of hydrogen-bond donors (Lipinski definition) is 2. The van der Waals surface area contributed by atoms with Crippen molar-refractivity contribution in [3.05, 3.63) is 23.8 Å². The number of ether oxygens (including phenoxy) is 2. The molecule has 1 aliphatic heterocycles. The molecule has 3 saturated carbocycles. The SMILES string of the molecule is C=C1CCC2C(C)(CCC(O)[C@@]2(C)CO)C1C/C=C1/C(=O)OCC1OC(=O)CCCCC1CCCC1. The lowest BCUT2D eigenvalue weighted by Gasteiger charge is -2.59. The number of rotatable bonds is 9. The van der Waals surface area contributed by atoms with Gasteiger partial charge >= 0.3 is 11.9 Å². The summed E-state index contributed by atoms with van der Waals surface area (Å²) in [5, 5.41) is 20.9. The molecule has 0 spiro atoms. The highest BCUT2D eigenvalue weighted by atomic mass is 16.6. The van der Waals surface area contributed by atoms with Crippen molar-refractivity contribution in [1.82, 2.24) is 0 Å². The first-order valence-electron chi connectivity index (χ1n) is 14.2. The van der Waals surface area contributed by atoms with Gasteiger partial charge in [0.05, 0.1) is 18.3 Å². The molecular weight excluding hydrogens is 456 g/mol. The average Bonchev–Trinajstić information content (AvgIpc) is 3.49. The highest BCUT2D eigenvalue weighted by Gasteiger charge is 2.57. The van der Waals surface area contributed by atoms with Crippen LogP contribution in [0, 0.1) is 28.6 Å². The Balaban J connectivity index is 1.37. The first-order chi connectivity index (χ1) is 17.2. The Morgan fingerprint density at radius 1 is 1.19 bits per heavy atom. The standard InChI is InChI=1S/C30H46O6/c1-20-12-15-25-29(2,17-16-26(32)30(25,3)19-31)23(20)14-13-22-24(18-35-28(22)34)36-27(33)11-7-6-10-21-8-4-5-9-21/h13,21,23-26,31-32H,1,4-12,14-19H2,2-3H3/b22-13+/t23?,24?,25?,26?,29?,30-/m0/s1. The largest absolute Gasteiger partial charge is 0.458 e. The zero-order valence-electron chi connectivity index (χ0n) is 22.3. The van der Waals surface area contributed by atoms with Crippen LogP contribution in [0.15, 0.2) is 23.8 Å². The fraction of sp³-hybridized carbons (Fsp3) is 0.800. The number of unbranched alkanes of at least 4 members (excludes halogenated alkanes) is 1. The van der Waals surface area contributed by atoms with Gasteiger partial charge in [-0.25, -0.2) is 4.79 Å². The molecule has 0 amide bonds. The minimum Gasteiger partial charge on any atom is -0.458 e. The number of cyclic esters (lactones) is 1. The van der Waals surface area contributed by atoms with E-state index in [0.717, 1.165) is 43.6 Å². The molecule has 6 atom stereocenters. The molecule has 5 unspecified atom stereocenters. The first-order valence-corrected chi connectivity index (χ1v) is 14.2. The number of fused-ring (bicyclic) bond motifs is 1. The second-order valence-corrected chi connectivity index (χ2v) is 12.4. The molecule has 0 aromatic heterocycles. The Hall–Kier alpha value is -1.66. The number of esters is 2. The van der Waals surface area contributed by atoms with Gasteiger partial charge in [-0.3, -0.25) is 4.79 Å². The van der Waals surface area contributed by atoms with Gasteiger partial charge in [-0.1, -0.05) is 70.6 Å². The lowest BCUT2D eigenvalue weighted by molar-refractivity contribution is -0.151. The fourth-order valence-electron chi connectivity index (χ4n) is 7.87. The van der Waals surface area contributed by atoms with Crippen LogP contribution in [0.2, 0.25) is 0 Å². The van der Waals surface area contributed by atoms with Crippen LogP contribution in [0.5, 0.6) is 0 Å². The summed E-state index contributed by atoms with van der Waals surface area (Å²) in [5.74, 6) is 0.458. The van der Waals surface area contributed by atoms with Crippen molar-refractivity contribution in [2.24, 2.45) is 28.6 Å². The molecular formula is C30H46O6. The van der Waals surface area contributed by atoms with E-state index >= 15 is 0 Å². The third-order valence-corrected chi connectivity index (χ3v) is 10.2. The zero-order chi connectivity index (χ0) is 25.9. The van der Waals surface area contributed by atoms with Crippen LogP contribution in [0.3, 0.4) is 0 Å². The maximum absolute atomic E-state index is 12.5. The third-order valence-electron chi connectivity index (χ3n) is 10.2. The summed E-state index contributed by atoms with van der Waals surface area (Å²) in [5.41, 5.74) is 0.927. The summed E-state index contributed by atoms with van der Waals surface area (Å²) < 4.78 is 11.0. The molecule has 6 heteroatoms. The van der Waals surface area contributed by atoms with Crippen molar-refractivity contribution >= 4 is 11.9 Å². The predicted molar refractivity (Wildman–Crippen MR) is 138 cm³/mol. The van der Waals surface area contributed by atoms with E-state index in [4.69, 9.17) is 9.47 Å². The molecule has 1 saturated heterocycles. The van der Waals surface area contributed by atoms with Crippen molar-refractivity contribution < 1.29 is 29.3 Å². The van der Waals surface area contributed by atoms with Crippen molar-refractivity contribution in [2.75, 3.05) is 13.2 Å². The van der Waals surface area contributed by atoms with Gasteiger partial charge in [-0.2, -0.15) is 0 Å². The number of aliphatic hydroxyl groups is 2. The van der Waals surface area contributed by atoms with E-state index in [2.05, 4.69) is 13.5 Å². The molecule has 0 aromatic rings. The third kappa shape index (κ3) is 5.45. The normalized spacial score (nSPS) is 38.3. The van der Waals surface area contributed by atoms with Gasteiger partial charge in [0.1, 0.15) is 6.61 Å². The lowest BCUT2D eigenvalue weighted by Crippen LogP contribution is -2.57. The Kier molecular flexibility index (Phi) is 8.66. The van der Waals surface area contributed by atoms with Gasteiger partial charge in [0.25, 0.3) is 0 Å². The van der Waals surface area contributed by atoms with Gasteiger partial charge in [-0.05, 0) is 61.7 Å². The van der Waals surface area contributed by atoms with E-state index in [1.807, 2.05) is 13.0 Å². The quantitative estimate of drug-likeness (QED) is 0.193. The van der Waals surface area contributed by atoms with Crippen LogP contribution in [0.4, 0.5) is 0 Å². The van der Waals surface area contributed by atoms with Gasteiger partial charge in [0.2, 0.25) is 0 Å². The van der Waals surface area contributed by atoms with Crippen LogP contribution in [-0.2, 0) is 19.1 Å². The van der Waals surface area contributed by atoms with Crippen molar-refractivity contribution in [3.8, 4) is 0 Å². The number of carbonyl (C=O) groups excluding carboxylic acids is 2. The molecule has 3 aliphatic carbocycles. The molecule has 4 fully saturated rings. The van der Waals surface area contributed by atoms with Gasteiger partial charge in [0.15, 0.2) is 6.10 Å². The van der Waals surface area contributed by atoms with Crippen molar-refractivity contribution in [3.63, 3.8) is 0 Å². The van der Waals surface area contributed by atoms with Crippen LogP contribution in [0.1, 0.15) is 97.3 Å². The maximum Gasteiger partial charge on any atom is 0.337 e. The van der Waals surface area contributed by atoms with Gasteiger partial charge in [0, 0.05) is 11.8 Å². The number of aliphatic hydroxyl groups excluding tert-OH is 2. The van der Waals surface area contributed by atoms with E-state index in [9.17, 15) is 19.8 Å². The summed E-state index contributed by atoms with van der Waals surface area (Å²) >= 11 is 0.